The van der Waals surface area contributed by atoms with Gasteiger partial charge in [0.05, 0.1) is 11.4 Å². The Labute approximate surface area is 164 Å². The van der Waals surface area contributed by atoms with Gasteiger partial charge >= 0.3 is 6.36 Å². The van der Waals surface area contributed by atoms with Gasteiger partial charge in [0.2, 0.25) is 11.1 Å². The predicted octanol–water partition coefficient (Wildman–Crippen LogP) is 3.45. The molecule has 152 valence electrons. The summed E-state index contributed by atoms with van der Waals surface area (Å²) in [7, 11) is 0. The SMILES string of the molecule is O=C(CSc1nnnn1-c1ccc(OC(F)(F)F)cc1)N1CCCCCCC1. The van der Waals surface area contributed by atoms with Crippen LogP contribution in [0.2, 0.25) is 0 Å². The summed E-state index contributed by atoms with van der Waals surface area (Å²) in [5.74, 6) is -0.0866. The van der Waals surface area contributed by atoms with E-state index in [0.29, 0.717) is 10.8 Å². The molecule has 3 rings (SSSR count). The maximum Gasteiger partial charge on any atom is 0.573 e. The van der Waals surface area contributed by atoms with Gasteiger partial charge in [-0.1, -0.05) is 31.0 Å². The zero-order valence-electron chi connectivity index (χ0n) is 15.1. The molecule has 11 heteroatoms. The minimum atomic E-state index is -4.75. The summed E-state index contributed by atoms with van der Waals surface area (Å²) in [6.07, 6.45) is 0.788. The number of hydrogen-bond acceptors (Lipinski definition) is 6. The number of carbonyl (C=O) groups is 1. The van der Waals surface area contributed by atoms with Gasteiger partial charge < -0.3 is 9.64 Å². The van der Waals surface area contributed by atoms with Gasteiger partial charge in [-0.15, -0.1) is 18.3 Å². The number of benzene rings is 1. The minimum absolute atomic E-state index is 0.0374. The van der Waals surface area contributed by atoms with Crippen molar-refractivity contribution >= 4 is 17.7 Å². The Morgan fingerprint density at radius 2 is 1.71 bits per heavy atom. The Kier molecular flexibility index (Phi) is 6.76. The molecule has 1 fully saturated rings. The van der Waals surface area contributed by atoms with E-state index >= 15 is 0 Å². The van der Waals surface area contributed by atoms with Crippen LogP contribution >= 0.6 is 11.8 Å². The molecule has 0 atom stereocenters. The molecule has 0 radical (unpaired) electrons. The number of aromatic nitrogens is 4. The quantitative estimate of drug-likeness (QED) is 0.697. The summed E-state index contributed by atoms with van der Waals surface area (Å²) < 4.78 is 42.0. The summed E-state index contributed by atoms with van der Waals surface area (Å²) in [6, 6.07) is 5.21. The van der Waals surface area contributed by atoms with Crippen molar-refractivity contribution in [1.82, 2.24) is 25.1 Å². The third-order valence-corrected chi connectivity index (χ3v) is 5.19. The molecule has 0 bridgehead atoms. The molecule has 0 saturated carbocycles. The van der Waals surface area contributed by atoms with E-state index in [0.717, 1.165) is 38.8 Å². The summed E-state index contributed by atoms with van der Waals surface area (Å²) >= 11 is 1.20. The molecule has 7 nitrogen and oxygen atoms in total. The first-order valence-electron chi connectivity index (χ1n) is 8.97. The van der Waals surface area contributed by atoms with Gasteiger partial charge in [0.15, 0.2) is 0 Å². The summed E-state index contributed by atoms with van der Waals surface area (Å²) in [4.78, 5) is 14.4. The van der Waals surface area contributed by atoms with Crippen molar-refractivity contribution in [3.8, 4) is 11.4 Å². The van der Waals surface area contributed by atoms with E-state index in [4.69, 9.17) is 0 Å². The molecule has 0 N–H and O–H groups in total. The highest BCUT2D eigenvalue weighted by molar-refractivity contribution is 7.99. The van der Waals surface area contributed by atoms with Crippen molar-refractivity contribution in [3.63, 3.8) is 0 Å². The average Bonchev–Trinajstić information content (AvgIpc) is 3.07. The smallest absolute Gasteiger partial charge is 0.406 e. The van der Waals surface area contributed by atoms with E-state index in [1.165, 1.54) is 47.1 Å². The zero-order chi connectivity index (χ0) is 20.0. The number of amides is 1. The molecule has 28 heavy (non-hydrogen) atoms. The molecule has 2 heterocycles. The minimum Gasteiger partial charge on any atom is -0.406 e. The van der Waals surface area contributed by atoms with E-state index in [1.807, 2.05) is 4.90 Å². The highest BCUT2D eigenvalue weighted by atomic mass is 32.2. The van der Waals surface area contributed by atoms with Crippen molar-refractivity contribution < 1.29 is 22.7 Å². The van der Waals surface area contributed by atoms with Gasteiger partial charge in [0.25, 0.3) is 0 Å². The molecule has 1 amide bonds. The molecule has 1 aliphatic heterocycles. The van der Waals surface area contributed by atoms with Crippen LogP contribution in [-0.2, 0) is 4.79 Å². The number of nitrogens with zero attached hydrogens (tertiary/aromatic N) is 5. The van der Waals surface area contributed by atoms with E-state index in [1.54, 1.807) is 0 Å². The van der Waals surface area contributed by atoms with Crippen LogP contribution in [-0.4, -0.2) is 56.2 Å². The number of rotatable bonds is 5. The first-order chi connectivity index (χ1) is 13.4. The molecule has 1 aromatic heterocycles. The third-order valence-electron chi connectivity index (χ3n) is 4.29. The maximum atomic E-state index is 12.5. The molecule has 2 aromatic rings. The molecule has 1 saturated heterocycles. The zero-order valence-corrected chi connectivity index (χ0v) is 15.9. The number of tetrazole rings is 1. The second-order valence-corrected chi connectivity index (χ2v) is 7.29. The fourth-order valence-corrected chi connectivity index (χ4v) is 3.73. The first kappa shape index (κ1) is 20.4. The third kappa shape index (κ3) is 5.85. The molecule has 0 aliphatic carbocycles. The van der Waals surface area contributed by atoms with Gasteiger partial charge in [0.1, 0.15) is 5.75 Å². The molecule has 1 aliphatic rings. The van der Waals surface area contributed by atoms with E-state index in [2.05, 4.69) is 20.3 Å². The predicted molar refractivity (Wildman–Crippen MR) is 96.2 cm³/mol. The van der Waals surface area contributed by atoms with Gasteiger partial charge in [-0.05, 0) is 47.5 Å². The molecular formula is C17H20F3N5O2S. The number of thioether (sulfide) groups is 1. The summed E-state index contributed by atoms with van der Waals surface area (Å²) in [5, 5.41) is 11.8. The molecule has 1 aromatic carbocycles. The van der Waals surface area contributed by atoms with E-state index < -0.39 is 6.36 Å². The maximum absolute atomic E-state index is 12.5. The lowest BCUT2D eigenvalue weighted by molar-refractivity contribution is -0.274. The number of halogens is 3. The fraction of sp³-hybridized carbons (Fsp3) is 0.529. The standard InChI is InChI=1S/C17H20F3N5O2S/c18-17(19,20)27-14-8-6-13(7-9-14)25-16(21-22-23-25)28-12-15(26)24-10-4-2-1-3-5-11-24/h6-9H,1-5,10-12H2. The van der Waals surface area contributed by atoms with E-state index in [9.17, 15) is 18.0 Å². The van der Waals surface area contributed by atoms with Crippen LogP contribution in [0.3, 0.4) is 0 Å². The van der Waals surface area contributed by atoms with Gasteiger partial charge in [-0.2, -0.15) is 4.68 Å². The lowest BCUT2D eigenvalue weighted by Gasteiger charge is -2.24. The van der Waals surface area contributed by atoms with Crippen LogP contribution in [0.1, 0.15) is 32.1 Å². The molecular weight excluding hydrogens is 395 g/mol. The Bertz CT molecular complexity index is 774. The first-order valence-corrected chi connectivity index (χ1v) is 9.96. The Morgan fingerprint density at radius 1 is 1.07 bits per heavy atom. The van der Waals surface area contributed by atoms with E-state index in [-0.39, 0.29) is 17.4 Å². The highest BCUT2D eigenvalue weighted by Gasteiger charge is 2.31. The van der Waals surface area contributed by atoms with Crippen LogP contribution in [0.5, 0.6) is 5.75 Å². The van der Waals surface area contributed by atoms with Crippen molar-refractivity contribution in [2.24, 2.45) is 0 Å². The molecule has 0 spiro atoms. The Morgan fingerprint density at radius 3 is 2.36 bits per heavy atom. The number of ether oxygens (including phenoxy) is 1. The lowest BCUT2D eigenvalue weighted by Crippen LogP contribution is -2.35. The number of hydrogen-bond donors (Lipinski definition) is 0. The van der Waals surface area contributed by atoms with Crippen LogP contribution in [0.15, 0.2) is 29.4 Å². The van der Waals surface area contributed by atoms with Gasteiger partial charge in [-0.3, -0.25) is 4.79 Å². The average molecular weight is 415 g/mol. The highest BCUT2D eigenvalue weighted by Crippen LogP contribution is 2.25. The van der Waals surface area contributed by atoms with Gasteiger partial charge in [0, 0.05) is 13.1 Å². The largest absolute Gasteiger partial charge is 0.573 e. The fourth-order valence-electron chi connectivity index (χ4n) is 2.93. The summed E-state index contributed by atoms with van der Waals surface area (Å²) in [6.45, 7) is 1.54. The number of alkyl halides is 3. The normalized spacial score (nSPS) is 15.8. The van der Waals surface area contributed by atoms with Crippen molar-refractivity contribution in [3.05, 3.63) is 24.3 Å². The Balaban J connectivity index is 1.61. The molecule has 0 unspecified atom stereocenters. The van der Waals surface area contributed by atoms with Gasteiger partial charge in [-0.25, -0.2) is 0 Å². The lowest BCUT2D eigenvalue weighted by atomic mass is 10.1. The summed E-state index contributed by atoms with van der Waals surface area (Å²) in [5.41, 5.74) is 0.473. The van der Waals surface area contributed by atoms with Crippen LogP contribution < -0.4 is 4.74 Å². The van der Waals surface area contributed by atoms with Crippen molar-refractivity contribution in [2.45, 2.75) is 43.6 Å². The van der Waals surface area contributed by atoms with Crippen LogP contribution in [0, 0.1) is 0 Å². The topological polar surface area (TPSA) is 73.1 Å². The van der Waals surface area contributed by atoms with Crippen molar-refractivity contribution in [1.29, 1.82) is 0 Å². The Hall–Kier alpha value is -2.30. The second kappa shape index (κ2) is 9.26. The second-order valence-electron chi connectivity index (χ2n) is 6.35. The monoisotopic (exact) mass is 415 g/mol. The van der Waals surface area contributed by atoms with Crippen LogP contribution in [0.4, 0.5) is 13.2 Å². The number of likely N-dealkylation sites (tertiary alicyclic amines) is 1. The number of carbonyl (C=O) groups excluding carboxylic acids is 1. The van der Waals surface area contributed by atoms with Crippen LogP contribution in [0.25, 0.3) is 5.69 Å². The van der Waals surface area contributed by atoms with Crippen molar-refractivity contribution in [2.75, 3.05) is 18.8 Å².